The zero-order valence-electron chi connectivity index (χ0n) is 13.6. The number of hydrogen-bond donors (Lipinski definition) is 3. The van der Waals surface area contributed by atoms with E-state index in [2.05, 4.69) is 21.2 Å². The molecular formula is C17H14N4O4S. The number of nitrogens with one attached hydrogen (secondary N) is 3. The van der Waals surface area contributed by atoms with Crippen molar-refractivity contribution in [2.45, 2.75) is 6.92 Å². The van der Waals surface area contributed by atoms with Gasteiger partial charge in [-0.1, -0.05) is 0 Å². The van der Waals surface area contributed by atoms with Gasteiger partial charge in [-0.25, -0.2) is 0 Å². The van der Waals surface area contributed by atoms with E-state index in [1.54, 1.807) is 37.4 Å². The quantitative estimate of drug-likeness (QED) is 0.610. The summed E-state index contributed by atoms with van der Waals surface area (Å²) in [5, 5.41) is 3.15. The fraction of sp³-hybridized carbons (Fsp3) is 0.0588. The number of amides is 3. The minimum atomic E-state index is -0.483. The van der Waals surface area contributed by atoms with Gasteiger partial charge < -0.3 is 9.73 Å². The van der Waals surface area contributed by atoms with Crippen molar-refractivity contribution in [3.05, 3.63) is 70.8 Å². The lowest BCUT2D eigenvalue weighted by atomic mass is 10.3. The smallest absolute Gasteiger partial charge is 0.291 e. The summed E-state index contributed by atoms with van der Waals surface area (Å²) in [7, 11) is 0. The summed E-state index contributed by atoms with van der Waals surface area (Å²) in [6.07, 6.45) is 4.33. The Morgan fingerprint density at radius 2 is 1.88 bits per heavy atom. The van der Waals surface area contributed by atoms with E-state index in [-0.39, 0.29) is 5.76 Å². The second-order valence-corrected chi connectivity index (χ2v) is 6.26. The molecule has 9 heteroatoms. The first kappa shape index (κ1) is 17.4. The molecule has 3 rings (SSSR count). The highest BCUT2D eigenvalue weighted by Gasteiger charge is 2.17. The fourth-order valence-electron chi connectivity index (χ4n) is 2.09. The van der Waals surface area contributed by atoms with Crippen molar-refractivity contribution in [3.8, 4) is 0 Å². The molecule has 3 heterocycles. The Bertz CT molecular complexity index is 935. The maximum absolute atomic E-state index is 12.3. The van der Waals surface area contributed by atoms with E-state index in [9.17, 15) is 14.4 Å². The maximum Gasteiger partial charge on any atom is 0.291 e. The molecule has 0 aliphatic rings. The van der Waals surface area contributed by atoms with E-state index in [0.717, 1.165) is 11.3 Å². The van der Waals surface area contributed by atoms with Gasteiger partial charge >= 0.3 is 0 Å². The topological polar surface area (TPSA) is 113 Å². The number of aryl methyl sites for hydroxylation is 1. The van der Waals surface area contributed by atoms with E-state index in [4.69, 9.17) is 4.42 Å². The third kappa shape index (κ3) is 3.95. The molecule has 0 spiro atoms. The second-order valence-electron chi connectivity index (χ2n) is 5.20. The third-order valence-corrected chi connectivity index (χ3v) is 4.47. The van der Waals surface area contributed by atoms with Gasteiger partial charge in [-0.2, -0.15) is 0 Å². The predicted molar refractivity (Wildman–Crippen MR) is 94.9 cm³/mol. The van der Waals surface area contributed by atoms with Crippen LogP contribution in [0.15, 0.2) is 53.4 Å². The van der Waals surface area contributed by atoms with Crippen molar-refractivity contribution in [2.75, 3.05) is 5.32 Å². The SMILES string of the molecule is Cc1cc(NC(=O)c2ccco2)sc1C(=O)NNC(=O)c1cccnc1. The minimum Gasteiger partial charge on any atom is -0.459 e. The molecular weight excluding hydrogens is 356 g/mol. The van der Waals surface area contributed by atoms with Gasteiger partial charge in [0.15, 0.2) is 5.76 Å². The van der Waals surface area contributed by atoms with Crippen LogP contribution in [0.5, 0.6) is 0 Å². The van der Waals surface area contributed by atoms with Crippen molar-refractivity contribution >= 4 is 34.1 Å². The summed E-state index contributed by atoms with van der Waals surface area (Å²) in [5.41, 5.74) is 5.65. The molecule has 8 nitrogen and oxygen atoms in total. The Balaban J connectivity index is 1.62. The largest absolute Gasteiger partial charge is 0.459 e. The fourth-order valence-corrected chi connectivity index (χ4v) is 3.05. The highest BCUT2D eigenvalue weighted by molar-refractivity contribution is 7.18. The number of pyridine rings is 1. The van der Waals surface area contributed by atoms with E-state index in [1.165, 1.54) is 18.5 Å². The zero-order valence-corrected chi connectivity index (χ0v) is 14.4. The number of nitrogens with zero attached hydrogens (tertiary/aromatic N) is 1. The van der Waals surface area contributed by atoms with Crippen LogP contribution in [0.3, 0.4) is 0 Å². The molecule has 0 radical (unpaired) electrons. The van der Waals surface area contributed by atoms with Crippen molar-refractivity contribution in [1.29, 1.82) is 0 Å². The third-order valence-electron chi connectivity index (χ3n) is 3.32. The molecule has 26 heavy (non-hydrogen) atoms. The van der Waals surface area contributed by atoms with Crippen LogP contribution in [-0.2, 0) is 0 Å². The normalized spacial score (nSPS) is 10.2. The number of hydrazine groups is 1. The average Bonchev–Trinajstić information content (AvgIpc) is 3.30. The molecule has 3 aromatic heterocycles. The molecule has 0 saturated heterocycles. The maximum atomic E-state index is 12.3. The standard InChI is InChI=1S/C17H14N4O4S/c1-10-8-13(19-16(23)12-5-3-7-25-12)26-14(10)17(24)21-20-15(22)11-4-2-6-18-9-11/h2-9H,1H3,(H,19,23)(H,20,22)(H,21,24). The van der Waals surface area contributed by atoms with Gasteiger partial charge in [0.25, 0.3) is 17.7 Å². The summed E-state index contributed by atoms with van der Waals surface area (Å²) < 4.78 is 5.02. The Morgan fingerprint density at radius 3 is 2.58 bits per heavy atom. The first-order chi connectivity index (χ1) is 12.5. The van der Waals surface area contributed by atoms with Crippen molar-refractivity contribution in [2.24, 2.45) is 0 Å². The van der Waals surface area contributed by atoms with E-state index < -0.39 is 17.7 Å². The van der Waals surface area contributed by atoms with E-state index in [1.807, 2.05) is 0 Å². The van der Waals surface area contributed by atoms with Crippen LogP contribution in [0.4, 0.5) is 5.00 Å². The van der Waals surface area contributed by atoms with Gasteiger partial charge in [0.1, 0.15) is 0 Å². The molecule has 0 bridgehead atoms. The Labute approximate surface area is 152 Å². The average molecular weight is 370 g/mol. The lowest BCUT2D eigenvalue weighted by Gasteiger charge is -2.06. The van der Waals surface area contributed by atoms with Crippen LogP contribution in [0.1, 0.15) is 36.1 Å². The lowest BCUT2D eigenvalue weighted by molar-refractivity contribution is 0.0848. The Kier molecular flexibility index (Phi) is 5.09. The Morgan fingerprint density at radius 1 is 1.08 bits per heavy atom. The Hall–Kier alpha value is -3.46. The molecule has 0 aliphatic carbocycles. The van der Waals surface area contributed by atoms with Gasteiger partial charge in [0.2, 0.25) is 0 Å². The van der Waals surface area contributed by atoms with Gasteiger partial charge in [0.05, 0.1) is 21.7 Å². The number of carbonyl (C=O) groups is 3. The highest BCUT2D eigenvalue weighted by atomic mass is 32.1. The van der Waals surface area contributed by atoms with Crippen LogP contribution in [0.2, 0.25) is 0 Å². The number of furan rings is 1. The molecule has 3 N–H and O–H groups in total. The minimum absolute atomic E-state index is 0.172. The predicted octanol–water partition coefficient (Wildman–Crippen LogP) is 2.37. The number of rotatable bonds is 4. The molecule has 0 aromatic carbocycles. The van der Waals surface area contributed by atoms with Crippen molar-refractivity contribution < 1.29 is 18.8 Å². The molecule has 132 valence electrons. The monoisotopic (exact) mass is 370 g/mol. The molecule has 3 amide bonds. The van der Waals surface area contributed by atoms with Crippen LogP contribution in [0, 0.1) is 6.92 Å². The summed E-state index contributed by atoms with van der Waals surface area (Å²) >= 11 is 1.09. The van der Waals surface area contributed by atoms with Crippen LogP contribution in [-0.4, -0.2) is 22.7 Å². The zero-order chi connectivity index (χ0) is 18.5. The first-order valence-corrected chi connectivity index (χ1v) is 8.32. The molecule has 0 aliphatic heterocycles. The number of carbonyl (C=O) groups excluding carboxylic acids is 3. The molecule has 0 atom stereocenters. The molecule has 0 fully saturated rings. The van der Waals surface area contributed by atoms with Gasteiger partial charge in [-0.05, 0) is 42.8 Å². The summed E-state index contributed by atoms with van der Waals surface area (Å²) in [4.78, 5) is 40.4. The highest BCUT2D eigenvalue weighted by Crippen LogP contribution is 2.27. The van der Waals surface area contributed by atoms with Crippen LogP contribution in [0.25, 0.3) is 0 Å². The number of thiophene rings is 1. The second kappa shape index (κ2) is 7.62. The number of anilines is 1. The van der Waals surface area contributed by atoms with Gasteiger partial charge in [0, 0.05) is 12.4 Å². The molecule has 0 saturated carbocycles. The van der Waals surface area contributed by atoms with E-state index >= 15 is 0 Å². The number of aromatic nitrogens is 1. The summed E-state index contributed by atoms with van der Waals surface area (Å²) in [6.45, 7) is 1.73. The first-order valence-electron chi connectivity index (χ1n) is 7.50. The molecule has 3 aromatic rings. The van der Waals surface area contributed by atoms with Crippen molar-refractivity contribution in [3.63, 3.8) is 0 Å². The summed E-state index contributed by atoms with van der Waals surface area (Å²) in [6, 6.07) is 8.01. The van der Waals surface area contributed by atoms with E-state index in [0.29, 0.717) is 21.0 Å². The molecule has 0 unspecified atom stereocenters. The van der Waals surface area contributed by atoms with Crippen LogP contribution < -0.4 is 16.2 Å². The van der Waals surface area contributed by atoms with Gasteiger partial charge in [-0.15, -0.1) is 11.3 Å². The number of hydrogen-bond acceptors (Lipinski definition) is 6. The lowest BCUT2D eigenvalue weighted by Crippen LogP contribution is -2.41. The van der Waals surface area contributed by atoms with Gasteiger partial charge in [-0.3, -0.25) is 30.2 Å². The summed E-state index contributed by atoms with van der Waals surface area (Å²) in [5.74, 6) is -1.20. The van der Waals surface area contributed by atoms with Crippen molar-refractivity contribution in [1.82, 2.24) is 15.8 Å². The van der Waals surface area contributed by atoms with Crippen LogP contribution >= 0.6 is 11.3 Å².